The highest BCUT2D eigenvalue weighted by molar-refractivity contribution is 5.90. The number of rotatable bonds is 4. The fraction of sp³-hybridized carbons (Fsp3) is 0.300. The van der Waals surface area contributed by atoms with Crippen molar-refractivity contribution in [1.82, 2.24) is 0 Å². The summed E-state index contributed by atoms with van der Waals surface area (Å²) in [7, 11) is 1.20. The molecule has 0 atom stereocenters. The molecule has 1 aromatic carbocycles. The first-order chi connectivity index (χ1) is 7.60. The largest absolute Gasteiger partial charge is 0.465 e. The molecular weight excluding hydrogens is 214 g/mol. The number of hydrogen-bond acceptors (Lipinski definition) is 5. The molecular formula is C10H11NO5. The standard InChI is InChI=1S/C10H11NO5/c1-16-10(13)8-3-2-7(4-5-12)9(6-8)11(14)15/h2-3,6,12H,4-5H2,1H3. The molecule has 0 saturated heterocycles. The molecule has 1 rings (SSSR count). The van der Waals surface area contributed by atoms with Gasteiger partial charge in [-0.1, -0.05) is 6.07 Å². The van der Waals surface area contributed by atoms with E-state index in [2.05, 4.69) is 4.74 Å². The van der Waals surface area contributed by atoms with Crippen molar-refractivity contribution in [3.63, 3.8) is 0 Å². The first kappa shape index (κ1) is 12.1. The molecule has 6 heteroatoms. The number of aliphatic hydroxyl groups excluding tert-OH is 1. The third-order valence-corrected chi connectivity index (χ3v) is 2.08. The van der Waals surface area contributed by atoms with Crippen LogP contribution in [-0.2, 0) is 11.2 Å². The van der Waals surface area contributed by atoms with Crippen LogP contribution in [0.25, 0.3) is 0 Å². The number of nitro groups is 1. The number of benzene rings is 1. The van der Waals surface area contributed by atoms with Crippen LogP contribution in [0.3, 0.4) is 0 Å². The van der Waals surface area contributed by atoms with Gasteiger partial charge in [0.2, 0.25) is 0 Å². The van der Waals surface area contributed by atoms with Gasteiger partial charge in [0.15, 0.2) is 0 Å². The lowest BCUT2D eigenvalue weighted by molar-refractivity contribution is -0.385. The Morgan fingerprint density at radius 2 is 2.25 bits per heavy atom. The Labute approximate surface area is 91.6 Å². The summed E-state index contributed by atoms with van der Waals surface area (Å²) in [5.41, 5.74) is 0.327. The van der Waals surface area contributed by atoms with Gasteiger partial charge in [-0.05, 0) is 6.07 Å². The smallest absolute Gasteiger partial charge is 0.338 e. The average molecular weight is 225 g/mol. The Kier molecular flexibility index (Phi) is 3.96. The molecule has 0 unspecified atom stereocenters. The maximum Gasteiger partial charge on any atom is 0.338 e. The van der Waals surface area contributed by atoms with Gasteiger partial charge in [-0.15, -0.1) is 0 Å². The van der Waals surface area contributed by atoms with E-state index in [0.717, 1.165) is 6.07 Å². The summed E-state index contributed by atoms with van der Waals surface area (Å²) in [5.74, 6) is -0.626. The quantitative estimate of drug-likeness (QED) is 0.467. The maximum absolute atomic E-state index is 11.2. The van der Waals surface area contributed by atoms with Gasteiger partial charge in [0.1, 0.15) is 0 Å². The van der Waals surface area contributed by atoms with E-state index in [9.17, 15) is 14.9 Å². The topological polar surface area (TPSA) is 89.7 Å². The monoisotopic (exact) mass is 225 g/mol. The lowest BCUT2D eigenvalue weighted by Crippen LogP contribution is -2.04. The molecule has 0 spiro atoms. The van der Waals surface area contributed by atoms with Crippen LogP contribution in [0.4, 0.5) is 5.69 Å². The van der Waals surface area contributed by atoms with Crippen LogP contribution in [0.2, 0.25) is 0 Å². The van der Waals surface area contributed by atoms with Crippen LogP contribution in [0.1, 0.15) is 15.9 Å². The van der Waals surface area contributed by atoms with Crippen LogP contribution >= 0.6 is 0 Å². The van der Waals surface area contributed by atoms with Crippen molar-refractivity contribution >= 4 is 11.7 Å². The zero-order chi connectivity index (χ0) is 12.1. The van der Waals surface area contributed by atoms with Gasteiger partial charge in [-0.2, -0.15) is 0 Å². The molecule has 0 saturated carbocycles. The maximum atomic E-state index is 11.2. The summed E-state index contributed by atoms with van der Waals surface area (Å²) in [4.78, 5) is 21.3. The van der Waals surface area contributed by atoms with Crippen molar-refractivity contribution in [2.24, 2.45) is 0 Å². The van der Waals surface area contributed by atoms with Crippen LogP contribution in [0, 0.1) is 10.1 Å². The number of aliphatic hydroxyl groups is 1. The Morgan fingerprint density at radius 1 is 1.56 bits per heavy atom. The zero-order valence-electron chi connectivity index (χ0n) is 8.67. The summed E-state index contributed by atoms with van der Waals surface area (Å²) >= 11 is 0. The van der Waals surface area contributed by atoms with Crippen molar-refractivity contribution in [3.8, 4) is 0 Å². The molecule has 1 aromatic rings. The Bertz CT molecular complexity index is 416. The van der Waals surface area contributed by atoms with E-state index in [1.165, 1.54) is 19.2 Å². The molecule has 0 bridgehead atoms. The number of ether oxygens (including phenoxy) is 1. The number of carbonyl (C=O) groups excluding carboxylic acids is 1. The van der Waals surface area contributed by atoms with Gasteiger partial charge in [-0.3, -0.25) is 10.1 Å². The van der Waals surface area contributed by atoms with E-state index in [0.29, 0.717) is 5.56 Å². The molecule has 6 nitrogen and oxygen atoms in total. The predicted octanol–water partition coefficient (Wildman–Crippen LogP) is 0.916. The Balaban J connectivity index is 3.17. The molecule has 0 radical (unpaired) electrons. The summed E-state index contributed by atoms with van der Waals surface area (Å²) in [5, 5.41) is 19.5. The first-order valence-corrected chi connectivity index (χ1v) is 4.56. The second-order valence-electron chi connectivity index (χ2n) is 3.07. The minimum Gasteiger partial charge on any atom is -0.465 e. The molecule has 1 N–H and O–H groups in total. The third kappa shape index (κ3) is 2.54. The molecule has 0 heterocycles. The molecule has 0 fully saturated rings. The van der Waals surface area contributed by atoms with Gasteiger partial charge >= 0.3 is 5.97 Å². The highest BCUT2D eigenvalue weighted by Crippen LogP contribution is 2.21. The summed E-state index contributed by atoms with van der Waals surface area (Å²) in [6.07, 6.45) is 0.178. The molecule has 86 valence electrons. The van der Waals surface area contributed by atoms with Gasteiger partial charge in [-0.25, -0.2) is 4.79 Å². The Morgan fingerprint density at radius 3 is 2.75 bits per heavy atom. The van der Waals surface area contributed by atoms with Crippen molar-refractivity contribution in [2.75, 3.05) is 13.7 Å². The van der Waals surface area contributed by atoms with Gasteiger partial charge in [0.05, 0.1) is 17.6 Å². The normalized spacial score (nSPS) is 9.88. The van der Waals surface area contributed by atoms with Crippen molar-refractivity contribution in [3.05, 3.63) is 39.4 Å². The van der Waals surface area contributed by atoms with E-state index in [-0.39, 0.29) is 24.3 Å². The number of hydrogen-bond donors (Lipinski definition) is 1. The van der Waals surface area contributed by atoms with E-state index in [4.69, 9.17) is 5.11 Å². The highest BCUT2D eigenvalue weighted by Gasteiger charge is 2.17. The second kappa shape index (κ2) is 5.22. The summed E-state index contributed by atoms with van der Waals surface area (Å²) in [6.45, 7) is -0.182. The van der Waals surface area contributed by atoms with Gasteiger partial charge in [0, 0.05) is 24.7 Å². The number of carbonyl (C=O) groups is 1. The summed E-state index contributed by atoms with van der Waals surface area (Å²) < 4.78 is 4.46. The number of nitrogens with zero attached hydrogens (tertiary/aromatic N) is 1. The lowest BCUT2D eigenvalue weighted by Gasteiger charge is -2.03. The van der Waals surface area contributed by atoms with Crippen molar-refractivity contribution < 1.29 is 19.6 Å². The first-order valence-electron chi connectivity index (χ1n) is 4.56. The molecule has 0 aliphatic rings. The van der Waals surface area contributed by atoms with Crippen molar-refractivity contribution in [1.29, 1.82) is 0 Å². The average Bonchev–Trinajstić information content (AvgIpc) is 2.28. The highest BCUT2D eigenvalue weighted by atomic mass is 16.6. The van der Waals surface area contributed by atoms with Crippen LogP contribution in [0.15, 0.2) is 18.2 Å². The van der Waals surface area contributed by atoms with Crippen LogP contribution in [-0.4, -0.2) is 29.7 Å². The van der Waals surface area contributed by atoms with E-state index in [1.807, 2.05) is 0 Å². The summed E-state index contributed by atoms with van der Waals surface area (Å²) in [6, 6.07) is 4.03. The Hall–Kier alpha value is -1.95. The van der Waals surface area contributed by atoms with Gasteiger partial charge in [0.25, 0.3) is 5.69 Å². The van der Waals surface area contributed by atoms with E-state index >= 15 is 0 Å². The van der Waals surface area contributed by atoms with Crippen LogP contribution in [0.5, 0.6) is 0 Å². The third-order valence-electron chi connectivity index (χ3n) is 2.08. The number of nitro benzene ring substituents is 1. The predicted molar refractivity (Wildman–Crippen MR) is 55.2 cm³/mol. The second-order valence-corrected chi connectivity index (χ2v) is 3.07. The molecule has 0 aromatic heterocycles. The number of methoxy groups -OCH3 is 1. The number of esters is 1. The van der Waals surface area contributed by atoms with E-state index < -0.39 is 10.9 Å². The molecule has 16 heavy (non-hydrogen) atoms. The minimum atomic E-state index is -0.626. The molecule has 0 aliphatic heterocycles. The minimum absolute atomic E-state index is 0.121. The molecule has 0 aliphatic carbocycles. The van der Waals surface area contributed by atoms with Crippen molar-refractivity contribution in [2.45, 2.75) is 6.42 Å². The lowest BCUT2D eigenvalue weighted by atomic mass is 10.1. The van der Waals surface area contributed by atoms with Gasteiger partial charge < -0.3 is 9.84 Å². The van der Waals surface area contributed by atoms with E-state index in [1.54, 1.807) is 0 Å². The zero-order valence-corrected chi connectivity index (χ0v) is 8.67. The fourth-order valence-electron chi connectivity index (χ4n) is 1.31. The SMILES string of the molecule is COC(=O)c1ccc(CCO)c([N+](=O)[O-])c1. The van der Waals surface area contributed by atoms with Crippen LogP contribution < -0.4 is 0 Å². The molecule has 0 amide bonds. The fourth-order valence-corrected chi connectivity index (χ4v) is 1.31.